The summed E-state index contributed by atoms with van der Waals surface area (Å²) in [5, 5.41) is 17.4. The van der Waals surface area contributed by atoms with Gasteiger partial charge >= 0.3 is 5.97 Å². The Morgan fingerprint density at radius 2 is 1.85 bits per heavy atom. The van der Waals surface area contributed by atoms with E-state index < -0.39 is 17.6 Å². The standard InChI is InChI=1S/C14H16FNO4/c1-16(13(18)9-12(17)14(19)20)8-2-3-10-4-6-11(15)7-5-10/h4-7,9,17H,2-3,8H2,1H3,(H,19,20)/b12-9-. The Labute approximate surface area is 115 Å². The molecule has 0 spiro atoms. The Morgan fingerprint density at radius 3 is 2.40 bits per heavy atom. The van der Waals surface area contributed by atoms with Crippen LogP contribution in [0.3, 0.4) is 0 Å². The first-order chi connectivity index (χ1) is 9.40. The number of halogens is 1. The Hall–Kier alpha value is -2.37. The number of hydrogen-bond donors (Lipinski definition) is 2. The molecule has 0 radical (unpaired) electrons. The third kappa shape index (κ3) is 5.09. The van der Waals surface area contributed by atoms with Gasteiger partial charge in [-0.2, -0.15) is 0 Å². The maximum atomic E-state index is 12.7. The smallest absolute Gasteiger partial charge is 0.371 e. The normalized spacial score (nSPS) is 11.2. The molecule has 0 bridgehead atoms. The average molecular weight is 281 g/mol. The third-order valence-electron chi connectivity index (χ3n) is 2.73. The van der Waals surface area contributed by atoms with Crippen LogP contribution in [0.25, 0.3) is 0 Å². The van der Waals surface area contributed by atoms with E-state index in [1.807, 2.05) is 0 Å². The van der Waals surface area contributed by atoms with Crippen molar-refractivity contribution in [1.29, 1.82) is 0 Å². The Kier molecular flexibility index (Phi) is 5.71. The highest BCUT2D eigenvalue weighted by atomic mass is 19.1. The predicted molar refractivity (Wildman–Crippen MR) is 70.7 cm³/mol. The minimum absolute atomic E-state index is 0.296. The molecule has 0 saturated heterocycles. The molecule has 2 N–H and O–H groups in total. The van der Waals surface area contributed by atoms with Gasteiger partial charge < -0.3 is 15.1 Å². The van der Waals surface area contributed by atoms with E-state index in [1.165, 1.54) is 24.1 Å². The SMILES string of the molecule is CN(CCCc1ccc(F)cc1)C(=O)/C=C(\O)C(=O)O. The van der Waals surface area contributed by atoms with Crippen molar-refractivity contribution >= 4 is 11.9 Å². The summed E-state index contributed by atoms with van der Waals surface area (Å²) in [4.78, 5) is 23.2. The lowest BCUT2D eigenvalue weighted by Gasteiger charge is -2.14. The summed E-state index contributed by atoms with van der Waals surface area (Å²) in [6.07, 6.45) is 1.99. The number of aliphatic hydroxyl groups excluding tert-OH is 1. The Morgan fingerprint density at radius 1 is 1.25 bits per heavy atom. The van der Waals surface area contributed by atoms with Crippen LogP contribution in [0.15, 0.2) is 36.1 Å². The van der Waals surface area contributed by atoms with Crippen LogP contribution in [0.1, 0.15) is 12.0 Å². The molecule has 0 aromatic heterocycles. The molecule has 0 unspecified atom stereocenters. The summed E-state index contributed by atoms with van der Waals surface area (Å²) in [5.74, 6) is -3.40. The molecular formula is C14H16FNO4. The molecule has 1 amide bonds. The zero-order chi connectivity index (χ0) is 15.1. The van der Waals surface area contributed by atoms with Crippen molar-refractivity contribution in [3.8, 4) is 0 Å². The first-order valence-corrected chi connectivity index (χ1v) is 6.03. The van der Waals surface area contributed by atoms with Gasteiger partial charge in [-0.1, -0.05) is 12.1 Å². The van der Waals surface area contributed by atoms with E-state index in [4.69, 9.17) is 10.2 Å². The number of carboxylic acid groups (broad SMARTS) is 1. The molecule has 1 aromatic carbocycles. The highest BCUT2D eigenvalue weighted by molar-refractivity contribution is 5.95. The number of rotatable bonds is 6. The Bertz CT molecular complexity index is 510. The van der Waals surface area contributed by atoms with Crippen LogP contribution >= 0.6 is 0 Å². The van der Waals surface area contributed by atoms with Gasteiger partial charge in [0.15, 0.2) is 0 Å². The number of aryl methyl sites for hydroxylation is 1. The lowest BCUT2D eigenvalue weighted by atomic mass is 10.1. The average Bonchev–Trinajstić information content (AvgIpc) is 2.40. The second kappa shape index (κ2) is 7.28. The zero-order valence-electron chi connectivity index (χ0n) is 11.0. The van der Waals surface area contributed by atoms with Gasteiger partial charge in [0.2, 0.25) is 11.7 Å². The molecule has 0 aliphatic heterocycles. The van der Waals surface area contributed by atoms with E-state index in [2.05, 4.69) is 0 Å². The van der Waals surface area contributed by atoms with Crippen molar-refractivity contribution in [3.05, 3.63) is 47.5 Å². The van der Waals surface area contributed by atoms with Crippen LogP contribution in [0.2, 0.25) is 0 Å². The van der Waals surface area contributed by atoms with Crippen molar-refractivity contribution in [2.45, 2.75) is 12.8 Å². The number of aliphatic carboxylic acids is 1. The van der Waals surface area contributed by atoms with Crippen LogP contribution in [-0.4, -0.2) is 40.6 Å². The fraction of sp³-hybridized carbons (Fsp3) is 0.286. The number of aliphatic hydroxyl groups is 1. The summed E-state index contributed by atoms with van der Waals surface area (Å²) < 4.78 is 12.7. The number of hydrogen-bond acceptors (Lipinski definition) is 3. The van der Waals surface area contributed by atoms with Gasteiger partial charge in [-0.25, -0.2) is 9.18 Å². The maximum Gasteiger partial charge on any atom is 0.371 e. The molecule has 20 heavy (non-hydrogen) atoms. The molecule has 0 saturated carbocycles. The fourth-order valence-electron chi connectivity index (χ4n) is 1.57. The molecule has 0 aliphatic carbocycles. The molecule has 6 heteroatoms. The summed E-state index contributed by atoms with van der Waals surface area (Å²) in [6.45, 7) is 0.402. The van der Waals surface area contributed by atoms with Crippen LogP contribution in [0.5, 0.6) is 0 Å². The molecule has 108 valence electrons. The van der Waals surface area contributed by atoms with Crippen LogP contribution in [0, 0.1) is 5.82 Å². The summed E-state index contributed by atoms with van der Waals surface area (Å²) in [7, 11) is 1.51. The number of carbonyl (C=O) groups is 2. The highest BCUT2D eigenvalue weighted by Gasteiger charge is 2.11. The van der Waals surface area contributed by atoms with E-state index in [-0.39, 0.29) is 5.82 Å². The topological polar surface area (TPSA) is 77.8 Å². The van der Waals surface area contributed by atoms with E-state index in [9.17, 15) is 14.0 Å². The number of carbonyl (C=O) groups excluding carboxylic acids is 1. The third-order valence-corrected chi connectivity index (χ3v) is 2.73. The summed E-state index contributed by atoms with van der Waals surface area (Å²) >= 11 is 0. The van der Waals surface area contributed by atoms with Gasteiger partial charge in [-0.3, -0.25) is 4.79 Å². The minimum atomic E-state index is -1.54. The molecule has 0 aliphatic rings. The number of amides is 1. The lowest BCUT2D eigenvalue weighted by Crippen LogP contribution is -2.27. The van der Waals surface area contributed by atoms with Crippen molar-refractivity contribution in [1.82, 2.24) is 4.90 Å². The molecule has 5 nitrogen and oxygen atoms in total. The quantitative estimate of drug-likeness (QED) is 0.615. The van der Waals surface area contributed by atoms with Gasteiger partial charge in [0.1, 0.15) is 5.82 Å². The number of carboxylic acids is 1. The van der Waals surface area contributed by atoms with Gasteiger partial charge in [-0.15, -0.1) is 0 Å². The highest BCUT2D eigenvalue weighted by Crippen LogP contribution is 2.06. The second-order valence-corrected chi connectivity index (χ2v) is 4.32. The van der Waals surface area contributed by atoms with Crippen molar-refractivity contribution in [3.63, 3.8) is 0 Å². The van der Waals surface area contributed by atoms with Gasteiger partial charge in [0, 0.05) is 13.6 Å². The van der Waals surface area contributed by atoms with Gasteiger partial charge in [-0.05, 0) is 30.5 Å². The monoisotopic (exact) mass is 281 g/mol. The van der Waals surface area contributed by atoms with Gasteiger partial charge in [0.25, 0.3) is 0 Å². The summed E-state index contributed by atoms with van der Waals surface area (Å²) in [6, 6.07) is 6.09. The Balaban J connectivity index is 2.41. The van der Waals surface area contributed by atoms with Crippen molar-refractivity contribution in [2.75, 3.05) is 13.6 Å². The van der Waals surface area contributed by atoms with Crippen LogP contribution in [-0.2, 0) is 16.0 Å². The summed E-state index contributed by atoms with van der Waals surface area (Å²) in [5.41, 5.74) is 0.955. The fourth-order valence-corrected chi connectivity index (χ4v) is 1.57. The van der Waals surface area contributed by atoms with Crippen LogP contribution < -0.4 is 0 Å². The molecule has 1 rings (SSSR count). The molecule has 0 atom stereocenters. The number of nitrogens with zero attached hydrogens (tertiary/aromatic N) is 1. The van der Waals surface area contributed by atoms with Crippen LogP contribution in [0.4, 0.5) is 4.39 Å². The van der Waals surface area contributed by atoms with E-state index in [1.54, 1.807) is 12.1 Å². The maximum absolute atomic E-state index is 12.7. The first kappa shape index (κ1) is 15.7. The molecule has 0 heterocycles. The van der Waals surface area contributed by atoms with E-state index in [0.29, 0.717) is 25.5 Å². The van der Waals surface area contributed by atoms with E-state index in [0.717, 1.165) is 5.56 Å². The van der Waals surface area contributed by atoms with Gasteiger partial charge in [0.05, 0.1) is 6.08 Å². The molecule has 0 fully saturated rings. The zero-order valence-corrected chi connectivity index (χ0v) is 11.0. The first-order valence-electron chi connectivity index (χ1n) is 6.03. The van der Waals surface area contributed by atoms with Crippen molar-refractivity contribution in [2.24, 2.45) is 0 Å². The van der Waals surface area contributed by atoms with E-state index >= 15 is 0 Å². The molecular weight excluding hydrogens is 265 g/mol. The van der Waals surface area contributed by atoms with Crippen molar-refractivity contribution < 1.29 is 24.2 Å². The second-order valence-electron chi connectivity index (χ2n) is 4.32. The number of benzene rings is 1. The lowest BCUT2D eigenvalue weighted by molar-refractivity contribution is -0.136. The largest absolute Gasteiger partial charge is 0.502 e. The number of likely N-dealkylation sites (N-methyl/N-ethyl adjacent to an activating group) is 1. The molecule has 1 aromatic rings. The minimum Gasteiger partial charge on any atom is -0.502 e. The predicted octanol–water partition coefficient (Wildman–Crippen LogP) is 1.74.